The number of alkyl carbamates (subject to hydrolysis) is 1. The number of hydrogen-bond acceptors (Lipinski definition) is 4. The number of halogens is 1. The van der Waals surface area contributed by atoms with Crippen LogP contribution in [-0.2, 0) is 22.0 Å². The minimum absolute atomic E-state index is 0.0367. The minimum atomic E-state index is -1.84. The SMILES string of the molecule is CC(C)(C)OC(=O)NCC(O)c1cc(F)c2c(c1)CC(CO[Si](C)(C)C(C)(C)C)C2. The maximum Gasteiger partial charge on any atom is 0.407 e. The molecule has 0 aromatic heterocycles. The van der Waals surface area contributed by atoms with Gasteiger partial charge in [-0.25, -0.2) is 9.18 Å². The van der Waals surface area contributed by atoms with Crippen LogP contribution in [0.25, 0.3) is 0 Å². The Bertz CT molecular complexity index is 768. The summed E-state index contributed by atoms with van der Waals surface area (Å²) in [6.07, 6.45) is -0.214. The van der Waals surface area contributed by atoms with Gasteiger partial charge in [-0.05, 0) is 80.4 Å². The van der Waals surface area contributed by atoms with Gasteiger partial charge in [0.05, 0.1) is 12.6 Å². The predicted molar refractivity (Wildman–Crippen MR) is 120 cm³/mol. The van der Waals surface area contributed by atoms with E-state index in [1.54, 1.807) is 20.8 Å². The average Bonchev–Trinajstić information content (AvgIpc) is 2.99. The van der Waals surface area contributed by atoms with Gasteiger partial charge in [0, 0.05) is 6.61 Å². The molecule has 1 aromatic carbocycles. The molecule has 1 aliphatic carbocycles. The highest BCUT2D eigenvalue weighted by atomic mass is 28.4. The van der Waals surface area contributed by atoms with Crippen molar-refractivity contribution in [2.75, 3.05) is 13.2 Å². The molecular formula is C23H38FNO4Si. The molecule has 0 heterocycles. The number of aliphatic hydroxyl groups excluding tert-OH is 1. The van der Waals surface area contributed by atoms with Gasteiger partial charge in [-0.3, -0.25) is 0 Å². The van der Waals surface area contributed by atoms with Gasteiger partial charge in [0.1, 0.15) is 11.4 Å². The topological polar surface area (TPSA) is 67.8 Å². The Morgan fingerprint density at radius 1 is 1.23 bits per heavy atom. The van der Waals surface area contributed by atoms with Gasteiger partial charge in [0.25, 0.3) is 0 Å². The standard InChI is InChI=1S/C23H38FNO4Si/c1-22(2,3)29-21(27)25-13-20(26)17-11-16-9-15(10-18(16)19(24)12-17)14-28-30(7,8)23(4,5)6/h11-12,15,20,26H,9-10,13-14H2,1-8H3,(H,25,27). The molecule has 1 amide bonds. The molecule has 2 rings (SSSR count). The first-order valence-electron chi connectivity index (χ1n) is 10.7. The number of aliphatic hydroxyl groups is 1. The largest absolute Gasteiger partial charge is 0.444 e. The van der Waals surface area contributed by atoms with E-state index in [1.807, 2.05) is 6.07 Å². The van der Waals surface area contributed by atoms with Crippen LogP contribution in [0.2, 0.25) is 18.1 Å². The van der Waals surface area contributed by atoms with Crippen LogP contribution < -0.4 is 5.32 Å². The van der Waals surface area contributed by atoms with Crippen LogP contribution in [0.3, 0.4) is 0 Å². The summed E-state index contributed by atoms with van der Waals surface area (Å²) in [5.74, 6) is -0.0513. The molecule has 0 saturated heterocycles. The van der Waals surface area contributed by atoms with Crippen molar-refractivity contribution in [2.45, 2.75) is 84.2 Å². The molecule has 0 radical (unpaired) electrons. The van der Waals surface area contributed by atoms with Crippen LogP contribution in [0, 0.1) is 11.7 Å². The van der Waals surface area contributed by atoms with Crippen molar-refractivity contribution in [3.05, 3.63) is 34.6 Å². The molecule has 0 saturated carbocycles. The van der Waals surface area contributed by atoms with Crippen molar-refractivity contribution in [1.29, 1.82) is 0 Å². The van der Waals surface area contributed by atoms with Crippen molar-refractivity contribution in [1.82, 2.24) is 5.32 Å². The zero-order valence-electron chi connectivity index (χ0n) is 19.7. The lowest BCUT2D eigenvalue weighted by Crippen LogP contribution is -2.42. The number of carbonyl (C=O) groups is 1. The minimum Gasteiger partial charge on any atom is -0.444 e. The molecule has 0 aliphatic heterocycles. The second-order valence-corrected chi connectivity index (χ2v) is 15.7. The summed E-state index contributed by atoms with van der Waals surface area (Å²) in [4.78, 5) is 11.8. The Hall–Kier alpha value is -1.44. The zero-order valence-corrected chi connectivity index (χ0v) is 20.7. The molecule has 2 unspecified atom stereocenters. The Morgan fingerprint density at radius 2 is 1.87 bits per heavy atom. The molecule has 0 fully saturated rings. The molecule has 0 spiro atoms. The molecule has 0 bridgehead atoms. The van der Waals surface area contributed by atoms with Crippen LogP contribution in [0.4, 0.5) is 9.18 Å². The van der Waals surface area contributed by atoms with Crippen molar-refractivity contribution in [2.24, 2.45) is 5.92 Å². The lowest BCUT2D eigenvalue weighted by atomic mass is 10.0. The summed E-state index contributed by atoms with van der Waals surface area (Å²) in [7, 11) is -1.84. The Morgan fingerprint density at radius 3 is 2.43 bits per heavy atom. The van der Waals surface area contributed by atoms with Crippen LogP contribution in [0.15, 0.2) is 12.1 Å². The first-order valence-corrected chi connectivity index (χ1v) is 13.6. The summed E-state index contributed by atoms with van der Waals surface area (Å²) >= 11 is 0. The monoisotopic (exact) mass is 439 g/mol. The lowest BCUT2D eigenvalue weighted by Gasteiger charge is -2.37. The Balaban J connectivity index is 1.98. The summed E-state index contributed by atoms with van der Waals surface area (Å²) in [6, 6.07) is 3.23. The van der Waals surface area contributed by atoms with Crippen LogP contribution >= 0.6 is 0 Å². The summed E-state index contributed by atoms with van der Waals surface area (Å²) in [5.41, 5.74) is 1.49. The first kappa shape index (κ1) is 24.8. The van der Waals surface area contributed by atoms with Gasteiger partial charge in [0.15, 0.2) is 8.32 Å². The Kier molecular flexibility index (Phi) is 7.42. The maximum atomic E-state index is 14.7. The number of amides is 1. The van der Waals surface area contributed by atoms with Gasteiger partial charge in [-0.1, -0.05) is 26.8 Å². The molecule has 7 heteroatoms. The van der Waals surface area contributed by atoms with E-state index < -0.39 is 26.1 Å². The van der Waals surface area contributed by atoms with E-state index in [4.69, 9.17) is 9.16 Å². The normalized spacial score (nSPS) is 18.1. The van der Waals surface area contributed by atoms with Crippen LogP contribution in [-0.4, -0.2) is 38.3 Å². The van der Waals surface area contributed by atoms with Gasteiger partial charge in [-0.2, -0.15) is 0 Å². The second-order valence-electron chi connectivity index (χ2n) is 10.9. The Labute approximate surface area is 181 Å². The fraction of sp³-hybridized carbons (Fsp3) is 0.696. The number of rotatable bonds is 6. The number of hydrogen-bond donors (Lipinski definition) is 2. The lowest BCUT2D eigenvalue weighted by molar-refractivity contribution is 0.0491. The number of ether oxygens (including phenoxy) is 1. The fourth-order valence-corrected chi connectivity index (χ4v) is 4.35. The van der Waals surface area contributed by atoms with Crippen LogP contribution in [0.1, 0.15) is 64.3 Å². The third-order valence-corrected chi connectivity index (χ3v) is 10.5. The van der Waals surface area contributed by atoms with Crippen molar-refractivity contribution < 1.29 is 23.5 Å². The summed E-state index contributed by atoms with van der Waals surface area (Å²) in [6.45, 7) is 17.0. The number of carbonyl (C=O) groups excluding carboxylic acids is 1. The first-order chi connectivity index (χ1) is 13.6. The third-order valence-electron chi connectivity index (χ3n) is 6.02. The molecule has 5 nitrogen and oxygen atoms in total. The highest BCUT2D eigenvalue weighted by Crippen LogP contribution is 2.38. The maximum absolute atomic E-state index is 14.7. The number of nitrogens with one attached hydrogen (secondary N) is 1. The molecule has 2 N–H and O–H groups in total. The fourth-order valence-electron chi connectivity index (χ4n) is 3.26. The predicted octanol–water partition coefficient (Wildman–Crippen LogP) is 5.12. The van der Waals surface area contributed by atoms with E-state index in [0.717, 1.165) is 17.5 Å². The number of benzene rings is 1. The highest BCUT2D eigenvalue weighted by molar-refractivity contribution is 6.74. The van der Waals surface area contributed by atoms with Gasteiger partial charge >= 0.3 is 6.09 Å². The van der Waals surface area contributed by atoms with Crippen LogP contribution in [0.5, 0.6) is 0 Å². The van der Waals surface area contributed by atoms with Gasteiger partial charge < -0.3 is 19.6 Å². The van der Waals surface area contributed by atoms with E-state index >= 15 is 0 Å². The van der Waals surface area contributed by atoms with Crippen molar-refractivity contribution in [3.63, 3.8) is 0 Å². The number of fused-ring (bicyclic) bond motifs is 1. The molecule has 2 atom stereocenters. The average molecular weight is 440 g/mol. The summed E-state index contributed by atoms with van der Waals surface area (Å²) in [5, 5.41) is 13.1. The second kappa shape index (κ2) is 8.97. The third kappa shape index (κ3) is 6.53. The molecule has 170 valence electrons. The van der Waals surface area contributed by atoms with Gasteiger partial charge in [-0.15, -0.1) is 0 Å². The molecule has 1 aromatic rings. The smallest absolute Gasteiger partial charge is 0.407 e. The quantitative estimate of drug-likeness (QED) is 0.604. The summed E-state index contributed by atoms with van der Waals surface area (Å²) < 4.78 is 26.2. The van der Waals surface area contributed by atoms with Crippen molar-refractivity contribution >= 4 is 14.4 Å². The van der Waals surface area contributed by atoms with Crippen molar-refractivity contribution in [3.8, 4) is 0 Å². The highest BCUT2D eigenvalue weighted by Gasteiger charge is 2.38. The molecule has 30 heavy (non-hydrogen) atoms. The molecule has 1 aliphatic rings. The van der Waals surface area contributed by atoms with E-state index in [1.165, 1.54) is 6.07 Å². The van der Waals surface area contributed by atoms with E-state index in [9.17, 15) is 14.3 Å². The van der Waals surface area contributed by atoms with E-state index in [-0.39, 0.29) is 23.3 Å². The van der Waals surface area contributed by atoms with E-state index in [0.29, 0.717) is 18.6 Å². The van der Waals surface area contributed by atoms with Gasteiger partial charge in [0.2, 0.25) is 0 Å². The zero-order chi connectivity index (χ0) is 22.9. The molecular weight excluding hydrogens is 401 g/mol. The van der Waals surface area contributed by atoms with E-state index in [2.05, 4.69) is 39.2 Å².